The number of methoxy groups -OCH3 is 1. The SMILES string of the molecule is COCCN1C2CCC1CC(NCCc1cccc(C)n1)C2. The van der Waals surface area contributed by atoms with E-state index in [1.54, 1.807) is 7.11 Å². The van der Waals surface area contributed by atoms with Crippen LogP contribution in [0, 0.1) is 6.92 Å². The topological polar surface area (TPSA) is 37.4 Å². The monoisotopic (exact) mass is 303 g/mol. The highest BCUT2D eigenvalue weighted by atomic mass is 16.5. The normalized spacial score (nSPS) is 28.2. The zero-order chi connectivity index (χ0) is 15.4. The number of pyridine rings is 1. The van der Waals surface area contributed by atoms with Crippen LogP contribution in [-0.4, -0.2) is 54.8 Å². The van der Waals surface area contributed by atoms with Crippen molar-refractivity contribution in [1.29, 1.82) is 0 Å². The van der Waals surface area contributed by atoms with Crippen LogP contribution in [0.25, 0.3) is 0 Å². The number of hydrogen-bond acceptors (Lipinski definition) is 4. The van der Waals surface area contributed by atoms with Crippen molar-refractivity contribution in [1.82, 2.24) is 15.2 Å². The molecule has 0 saturated carbocycles. The number of rotatable bonds is 7. The van der Waals surface area contributed by atoms with E-state index >= 15 is 0 Å². The molecule has 0 spiro atoms. The molecule has 4 nitrogen and oxygen atoms in total. The fraction of sp³-hybridized carbons (Fsp3) is 0.722. The van der Waals surface area contributed by atoms with E-state index in [4.69, 9.17) is 4.74 Å². The number of fused-ring (bicyclic) bond motifs is 2. The molecule has 0 amide bonds. The Hall–Kier alpha value is -0.970. The molecule has 4 heteroatoms. The molecule has 2 atom stereocenters. The van der Waals surface area contributed by atoms with Crippen LogP contribution in [0.15, 0.2) is 18.2 Å². The number of aromatic nitrogens is 1. The third kappa shape index (κ3) is 3.86. The molecule has 1 aromatic rings. The molecule has 22 heavy (non-hydrogen) atoms. The van der Waals surface area contributed by atoms with Gasteiger partial charge >= 0.3 is 0 Å². The standard InChI is InChI=1S/C18H29N3O/c1-14-4-3-5-15(20-14)8-9-19-16-12-17-6-7-18(13-16)21(17)10-11-22-2/h3-5,16-19H,6-13H2,1-2H3. The highest BCUT2D eigenvalue weighted by Crippen LogP contribution is 2.35. The van der Waals surface area contributed by atoms with E-state index in [-0.39, 0.29) is 0 Å². The van der Waals surface area contributed by atoms with Crippen molar-refractivity contribution < 1.29 is 4.74 Å². The lowest BCUT2D eigenvalue weighted by molar-refractivity contribution is 0.0779. The van der Waals surface area contributed by atoms with Crippen LogP contribution in [-0.2, 0) is 11.2 Å². The van der Waals surface area contributed by atoms with E-state index in [2.05, 4.69) is 40.3 Å². The summed E-state index contributed by atoms with van der Waals surface area (Å²) in [4.78, 5) is 7.27. The van der Waals surface area contributed by atoms with Gasteiger partial charge in [0, 0.05) is 56.1 Å². The van der Waals surface area contributed by atoms with E-state index < -0.39 is 0 Å². The van der Waals surface area contributed by atoms with Gasteiger partial charge in [-0.25, -0.2) is 0 Å². The predicted octanol–water partition coefficient (Wildman–Crippen LogP) is 2.16. The first kappa shape index (κ1) is 15.9. The van der Waals surface area contributed by atoms with Crippen molar-refractivity contribution in [3.05, 3.63) is 29.6 Å². The summed E-state index contributed by atoms with van der Waals surface area (Å²) in [6.45, 7) is 5.07. The van der Waals surface area contributed by atoms with Gasteiger partial charge in [0.25, 0.3) is 0 Å². The van der Waals surface area contributed by atoms with Crippen molar-refractivity contribution in [3.63, 3.8) is 0 Å². The molecule has 2 aliphatic rings. The second-order valence-electron chi connectivity index (χ2n) is 6.76. The summed E-state index contributed by atoms with van der Waals surface area (Å²) in [5.74, 6) is 0. The lowest BCUT2D eigenvalue weighted by Crippen LogP contribution is -2.50. The molecule has 0 aromatic carbocycles. The molecule has 0 radical (unpaired) electrons. The summed E-state index contributed by atoms with van der Waals surface area (Å²) in [6, 6.07) is 8.51. The zero-order valence-corrected chi connectivity index (χ0v) is 13.9. The van der Waals surface area contributed by atoms with E-state index in [1.807, 2.05) is 0 Å². The Bertz CT molecular complexity index is 465. The van der Waals surface area contributed by atoms with Gasteiger partial charge in [-0.2, -0.15) is 0 Å². The van der Waals surface area contributed by atoms with Crippen LogP contribution in [0.3, 0.4) is 0 Å². The maximum absolute atomic E-state index is 5.26. The molecule has 1 N–H and O–H groups in total. The third-order valence-electron chi connectivity index (χ3n) is 5.20. The minimum absolute atomic E-state index is 0.682. The van der Waals surface area contributed by atoms with Crippen molar-refractivity contribution in [3.8, 4) is 0 Å². The van der Waals surface area contributed by atoms with Gasteiger partial charge in [-0.15, -0.1) is 0 Å². The Morgan fingerprint density at radius 3 is 2.73 bits per heavy atom. The first-order chi connectivity index (χ1) is 10.8. The summed E-state index contributed by atoms with van der Waals surface area (Å²) in [5.41, 5.74) is 2.31. The molecule has 2 aliphatic heterocycles. The third-order valence-corrected chi connectivity index (χ3v) is 5.20. The Morgan fingerprint density at radius 2 is 2.05 bits per heavy atom. The fourth-order valence-corrected chi connectivity index (χ4v) is 4.15. The molecule has 3 rings (SSSR count). The number of aryl methyl sites for hydroxylation is 1. The molecule has 122 valence electrons. The summed E-state index contributed by atoms with van der Waals surface area (Å²) in [6.07, 6.45) is 6.35. The summed E-state index contributed by atoms with van der Waals surface area (Å²) in [5, 5.41) is 3.77. The van der Waals surface area contributed by atoms with Gasteiger partial charge in [-0.1, -0.05) is 6.07 Å². The Morgan fingerprint density at radius 1 is 1.27 bits per heavy atom. The van der Waals surface area contributed by atoms with Crippen molar-refractivity contribution in [2.45, 2.75) is 57.2 Å². The number of ether oxygens (including phenoxy) is 1. The van der Waals surface area contributed by atoms with Crippen LogP contribution < -0.4 is 5.32 Å². The lowest BCUT2D eigenvalue weighted by Gasteiger charge is -2.39. The fourth-order valence-electron chi connectivity index (χ4n) is 4.15. The van der Waals surface area contributed by atoms with Crippen LogP contribution >= 0.6 is 0 Å². The summed E-state index contributed by atoms with van der Waals surface area (Å²) >= 11 is 0. The van der Waals surface area contributed by atoms with Crippen LogP contribution in [0.4, 0.5) is 0 Å². The first-order valence-corrected chi connectivity index (χ1v) is 8.67. The van der Waals surface area contributed by atoms with Crippen LogP contribution in [0.5, 0.6) is 0 Å². The average Bonchev–Trinajstić information content (AvgIpc) is 2.74. The minimum Gasteiger partial charge on any atom is -0.383 e. The molecule has 2 fully saturated rings. The van der Waals surface area contributed by atoms with E-state index in [1.165, 1.54) is 31.4 Å². The second-order valence-corrected chi connectivity index (χ2v) is 6.76. The molecular formula is C18H29N3O. The molecule has 2 unspecified atom stereocenters. The van der Waals surface area contributed by atoms with Crippen LogP contribution in [0.2, 0.25) is 0 Å². The zero-order valence-electron chi connectivity index (χ0n) is 13.9. The van der Waals surface area contributed by atoms with Gasteiger partial charge in [0.2, 0.25) is 0 Å². The molecule has 2 bridgehead atoms. The molecular weight excluding hydrogens is 274 g/mol. The van der Waals surface area contributed by atoms with Crippen molar-refractivity contribution in [2.24, 2.45) is 0 Å². The van der Waals surface area contributed by atoms with E-state index in [9.17, 15) is 0 Å². The second kappa shape index (κ2) is 7.53. The van der Waals surface area contributed by atoms with Crippen molar-refractivity contribution >= 4 is 0 Å². The number of nitrogens with one attached hydrogen (secondary N) is 1. The summed E-state index contributed by atoms with van der Waals surface area (Å²) in [7, 11) is 1.80. The molecule has 2 saturated heterocycles. The maximum Gasteiger partial charge on any atom is 0.0589 e. The van der Waals surface area contributed by atoms with Crippen LogP contribution in [0.1, 0.15) is 37.1 Å². The largest absolute Gasteiger partial charge is 0.383 e. The molecule has 1 aromatic heterocycles. The quantitative estimate of drug-likeness (QED) is 0.837. The average molecular weight is 303 g/mol. The minimum atomic E-state index is 0.682. The van der Waals surface area contributed by atoms with Gasteiger partial charge < -0.3 is 10.1 Å². The summed E-state index contributed by atoms with van der Waals surface area (Å²) < 4.78 is 5.26. The Kier molecular flexibility index (Phi) is 5.45. The lowest BCUT2D eigenvalue weighted by atomic mass is 9.97. The van der Waals surface area contributed by atoms with Gasteiger partial charge in [0.05, 0.1) is 6.61 Å². The van der Waals surface area contributed by atoms with Gasteiger partial charge in [-0.05, 0) is 44.7 Å². The maximum atomic E-state index is 5.26. The highest BCUT2D eigenvalue weighted by molar-refractivity contribution is 5.10. The Labute approximate surface area is 134 Å². The number of nitrogens with zero attached hydrogens (tertiary/aromatic N) is 2. The van der Waals surface area contributed by atoms with E-state index in [0.717, 1.165) is 43.9 Å². The van der Waals surface area contributed by atoms with Gasteiger partial charge in [0.1, 0.15) is 0 Å². The smallest absolute Gasteiger partial charge is 0.0589 e. The van der Waals surface area contributed by atoms with Crippen molar-refractivity contribution in [2.75, 3.05) is 26.8 Å². The molecule has 0 aliphatic carbocycles. The highest BCUT2D eigenvalue weighted by Gasteiger charge is 2.39. The number of hydrogen-bond donors (Lipinski definition) is 1. The number of piperidine rings is 1. The first-order valence-electron chi connectivity index (χ1n) is 8.67. The van der Waals surface area contributed by atoms with Gasteiger partial charge in [-0.3, -0.25) is 9.88 Å². The van der Waals surface area contributed by atoms with E-state index in [0.29, 0.717) is 6.04 Å². The molecule has 3 heterocycles. The predicted molar refractivity (Wildman–Crippen MR) is 89.1 cm³/mol. The Balaban J connectivity index is 1.44. The van der Waals surface area contributed by atoms with Gasteiger partial charge in [0.15, 0.2) is 0 Å².